The average Bonchev–Trinajstić information content (AvgIpc) is 2.87. The van der Waals surface area contributed by atoms with Crippen LogP contribution >= 0.6 is 11.6 Å². The number of nitrogens with zero attached hydrogens (tertiary/aromatic N) is 1. The summed E-state index contributed by atoms with van der Waals surface area (Å²) in [5.74, 6) is 0.612. The van der Waals surface area contributed by atoms with Gasteiger partial charge < -0.3 is 20.3 Å². The Hall–Kier alpha value is -1.79. The highest BCUT2D eigenvalue weighted by molar-refractivity contribution is 6.30. The molecule has 1 aliphatic heterocycles. The van der Waals surface area contributed by atoms with Crippen molar-refractivity contribution in [2.75, 3.05) is 26.7 Å². The van der Waals surface area contributed by atoms with Crippen LogP contribution in [0.4, 0.5) is 4.79 Å². The van der Waals surface area contributed by atoms with Gasteiger partial charge in [0.05, 0.1) is 5.60 Å². The lowest BCUT2D eigenvalue weighted by Crippen LogP contribution is -2.53. The number of amides is 3. The van der Waals surface area contributed by atoms with E-state index in [-0.39, 0.29) is 30.5 Å². The first-order valence-corrected chi connectivity index (χ1v) is 13.9. The smallest absolute Gasteiger partial charge is 0.317 e. The molecule has 0 radical (unpaired) electrons. The van der Waals surface area contributed by atoms with Crippen molar-refractivity contribution >= 4 is 23.5 Å². The molecular weight excluding hydrogens is 462 g/mol. The van der Waals surface area contributed by atoms with Gasteiger partial charge in [0.1, 0.15) is 6.61 Å². The van der Waals surface area contributed by atoms with Crippen LogP contribution in [0, 0.1) is 11.8 Å². The molecule has 1 aromatic carbocycles. The Balaban J connectivity index is 1.70. The van der Waals surface area contributed by atoms with Gasteiger partial charge in [0.25, 0.3) is 0 Å². The fraction of sp³-hybridized carbons (Fsp3) is 0.714. The predicted molar refractivity (Wildman–Crippen MR) is 142 cm³/mol. The lowest BCUT2D eigenvalue weighted by Gasteiger charge is -2.44. The Labute approximate surface area is 216 Å². The first-order chi connectivity index (χ1) is 16.9. The summed E-state index contributed by atoms with van der Waals surface area (Å²) in [6.07, 6.45) is 11.6. The van der Waals surface area contributed by atoms with Gasteiger partial charge in [-0.1, -0.05) is 69.2 Å². The minimum Gasteiger partial charge on any atom is -0.360 e. The lowest BCUT2D eigenvalue weighted by atomic mass is 9.78. The molecule has 1 heterocycles. The molecule has 1 saturated carbocycles. The number of ether oxygens (including phenoxy) is 1. The fourth-order valence-corrected chi connectivity index (χ4v) is 6.01. The van der Waals surface area contributed by atoms with Gasteiger partial charge in [0.2, 0.25) is 5.91 Å². The van der Waals surface area contributed by atoms with E-state index in [1.807, 2.05) is 36.1 Å². The number of hydrogen-bond acceptors (Lipinski definition) is 3. The highest BCUT2D eigenvalue weighted by atomic mass is 35.5. The number of hydrogen-bond donors (Lipinski definition) is 2. The summed E-state index contributed by atoms with van der Waals surface area (Å²) in [6.45, 7) is 5.51. The van der Waals surface area contributed by atoms with E-state index < -0.39 is 5.60 Å². The van der Waals surface area contributed by atoms with Gasteiger partial charge in [-0.15, -0.1) is 0 Å². The number of nitrogens with one attached hydrogen (secondary N) is 2. The van der Waals surface area contributed by atoms with Crippen LogP contribution in [0.15, 0.2) is 24.3 Å². The van der Waals surface area contributed by atoms with Crippen molar-refractivity contribution in [3.63, 3.8) is 0 Å². The molecule has 2 fully saturated rings. The third-order valence-electron chi connectivity index (χ3n) is 7.97. The van der Waals surface area contributed by atoms with Crippen LogP contribution in [0.3, 0.4) is 0 Å². The van der Waals surface area contributed by atoms with Crippen LogP contribution in [0.2, 0.25) is 5.02 Å². The molecule has 0 aromatic heterocycles. The van der Waals surface area contributed by atoms with Crippen molar-refractivity contribution in [2.45, 2.75) is 89.7 Å². The number of halogens is 1. The molecule has 35 heavy (non-hydrogen) atoms. The summed E-state index contributed by atoms with van der Waals surface area (Å²) in [6, 6.07) is 7.92. The number of urea groups is 1. The molecule has 0 unspecified atom stereocenters. The third-order valence-corrected chi connectivity index (χ3v) is 8.21. The number of carbonyl (C=O) groups excluding carboxylic acids is 2. The molecule has 196 valence electrons. The second-order valence-electron chi connectivity index (χ2n) is 10.5. The summed E-state index contributed by atoms with van der Waals surface area (Å²) < 4.78 is 6.28. The molecule has 0 bridgehead atoms. The molecule has 6 nitrogen and oxygen atoms in total. The van der Waals surface area contributed by atoms with Gasteiger partial charge in [-0.2, -0.15) is 0 Å². The number of piperidine rings is 1. The summed E-state index contributed by atoms with van der Waals surface area (Å²) in [5, 5.41) is 6.64. The summed E-state index contributed by atoms with van der Waals surface area (Å²) >= 11 is 6.32. The molecule has 3 amide bonds. The topological polar surface area (TPSA) is 70.7 Å². The van der Waals surface area contributed by atoms with Gasteiger partial charge in [0.15, 0.2) is 0 Å². The number of likely N-dealkylation sites (tertiary alicyclic amines) is 1. The van der Waals surface area contributed by atoms with Gasteiger partial charge >= 0.3 is 6.03 Å². The minimum atomic E-state index is -0.735. The largest absolute Gasteiger partial charge is 0.360 e. The maximum absolute atomic E-state index is 13.4. The molecule has 7 heteroatoms. The summed E-state index contributed by atoms with van der Waals surface area (Å²) in [4.78, 5) is 27.4. The van der Waals surface area contributed by atoms with Crippen molar-refractivity contribution in [3.8, 4) is 0 Å². The molecule has 3 rings (SSSR count). The normalized spacial score (nSPS) is 21.7. The Morgan fingerprint density at radius 3 is 2.66 bits per heavy atom. The molecular formula is C28H44ClN3O3. The molecule has 3 atom stereocenters. The quantitative estimate of drug-likeness (QED) is 0.417. The minimum absolute atomic E-state index is 0.0312. The van der Waals surface area contributed by atoms with Gasteiger partial charge in [-0.25, -0.2) is 4.79 Å². The van der Waals surface area contributed by atoms with E-state index >= 15 is 0 Å². The highest BCUT2D eigenvalue weighted by Crippen LogP contribution is 2.39. The van der Waals surface area contributed by atoms with Crippen molar-refractivity contribution < 1.29 is 14.3 Å². The maximum atomic E-state index is 13.4. The highest BCUT2D eigenvalue weighted by Gasteiger charge is 2.41. The lowest BCUT2D eigenvalue weighted by molar-refractivity contribution is -0.140. The van der Waals surface area contributed by atoms with E-state index in [9.17, 15) is 9.59 Å². The number of rotatable bonds is 10. The van der Waals surface area contributed by atoms with E-state index in [0.29, 0.717) is 11.6 Å². The third kappa shape index (κ3) is 7.85. The molecule has 1 aliphatic carbocycles. The Bertz CT molecular complexity index is 829. The van der Waals surface area contributed by atoms with Crippen molar-refractivity contribution in [2.24, 2.45) is 11.8 Å². The van der Waals surface area contributed by atoms with Crippen LogP contribution in [-0.2, 0) is 15.1 Å². The maximum Gasteiger partial charge on any atom is 0.317 e. The molecule has 1 aromatic rings. The zero-order valence-corrected chi connectivity index (χ0v) is 22.5. The van der Waals surface area contributed by atoms with E-state index in [4.69, 9.17) is 16.3 Å². The zero-order chi connectivity index (χ0) is 25.3. The fourth-order valence-electron chi connectivity index (χ4n) is 5.82. The molecule has 1 saturated heterocycles. The van der Waals surface area contributed by atoms with Crippen LogP contribution in [0.5, 0.6) is 0 Å². The Kier molecular flexibility index (Phi) is 10.7. The van der Waals surface area contributed by atoms with Crippen LogP contribution in [0.1, 0.15) is 83.6 Å². The Morgan fingerprint density at radius 2 is 1.97 bits per heavy atom. The second kappa shape index (κ2) is 13.5. The van der Waals surface area contributed by atoms with E-state index in [1.54, 1.807) is 7.05 Å². The van der Waals surface area contributed by atoms with Crippen LogP contribution in [0.25, 0.3) is 0 Å². The number of benzene rings is 1. The van der Waals surface area contributed by atoms with Gasteiger partial charge in [-0.05, 0) is 56.2 Å². The zero-order valence-electron chi connectivity index (χ0n) is 21.8. The van der Waals surface area contributed by atoms with Gasteiger partial charge in [-0.3, -0.25) is 4.79 Å². The van der Waals surface area contributed by atoms with Gasteiger partial charge in [0, 0.05) is 37.1 Å². The van der Waals surface area contributed by atoms with Crippen molar-refractivity contribution in [3.05, 3.63) is 34.9 Å². The number of carbonyl (C=O) groups is 2. The van der Waals surface area contributed by atoms with Crippen molar-refractivity contribution in [1.29, 1.82) is 0 Å². The standard InChI is InChI=1S/C28H44ClN3O3/c1-4-10-25(17-21-11-6-5-7-12-21)31-27(34)32-16-9-14-23(19-32)28(2,35-20-26(33)30-3)22-13-8-15-24(29)18-22/h8,13,15,18,21,23,25H,4-7,9-12,14,16-17,19-20H2,1-3H3,(H,30,33)(H,31,34)/t23-,25-,28+/m1/s1. The van der Waals surface area contributed by atoms with Crippen LogP contribution < -0.4 is 10.6 Å². The average molecular weight is 506 g/mol. The monoisotopic (exact) mass is 505 g/mol. The molecule has 0 spiro atoms. The first-order valence-electron chi connectivity index (χ1n) is 13.5. The molecule has 2 N–H and O–H groups in total. The Morgan fingerprint density at radius 1 is 1.20 bits per heavy atom. The molecule has 2 aliphatic rings. The van der Waals surface area contributed by atoms with Crippen molar-refractivity contribution in [1.82, 2.24) is 15.5 Å². The van der Waals surface area contributed by atoms with Crippen LogP contribution in [-0.4, -0.2) is 49.6 Å². The summed E-state index contributed by atoms with van der Waals surface area (Å²) in [7, 11) is 1.61. The van der Waals surface area contributed by atoms with E-state index in [2.05, 4.69) is 17.6 Å². The van der Waals surface area contributed by atoms with E-state index in [1.165, 1.54) is 32.1 Å². The second-order valence-corrected chi connectivity index (χ2v) is 11.0. The SMILES string of the molecule is CCC[C@H](CC1CCCCC1)NC(=O)N1CCC[C@@H]([C@@](C)(OCC(=O)NC)c2cccc(Cl)c2)C1. The summed E-state index contributed by atoms with van der Waals surface area (Å²) in [5.41, 5.74) is 0.198. The first kappa shape index (κ1) is 27.8. The van der Waals surface area contributed by atoms with E-state index in [0.717, 1.165) is 50.1 Å². The predicted octanol–water partition coefficient (Wildman–Crippen LogP) is 5.88. The number of likely N-dealkylation sites (N-methyl/N-ethyl adjacent to an activating group) is 1.